The van der Waals surface area contributed by atoms with Crippen LogP contribution in [0.2, 0.25) is 0 Å². The highest BCUT2D eigenvalue weighted by Crippen LogP contribution is 2.17. The zero-order valence-corrected chi connectivity index (χ0v) is 10.6. The largest absolute Gasteiger partial charge is 0.494 e. The van der Waals surface area contributed by atoms with Gasteiger partial charge in [-0.05, 0) is 30.7 Å². The lowest BCUT2D eigenvalue weighted by molar-refractivity contribution is -0.119. The van der Waals surface area contributed by atoms with Gasteiger partial charge in [0.15, 0.2) is 0 Å². The molecule has 100 valence electrons. The maximum absolute atomic E-state index is 10.7. The third kappa shape index (κ3) is 5.05. The van der Waals surface area contributed by atoms with E-state index in [4.69, 9.17) is 20.9 Å². The number of ether oxygens (including phenoxy) is 2. The van der Waals surface area contributed by atoms with Crippen LogP contribution >= 0.6 is 0 Å². The average Bonchev–Trinajstić information content (AvgIpc) is 2.37. The number of benzene rings is 1. The van der Waals surface area contributed by atoms with Crippen molar-refractivity contribution in [2.75, 3.05) is 13.2 Å². The summed E-state index contributed by atoms with van der Waals surface area (Å²) in [5.74, 6) is 1.02. The van der Waals surface area contributed by atoms with Crippen LogP contribution in [0.4, 0.5) is 0 Å². The number of hydrogen-bond donors (Lipinski definition) is 2. The number of carbonyl (C=O) groups excluding carboxylic acids is 1. The summed E-state index contributed by atoms with van der Waals surface area (Å²) in [5.41, 5.74) is 10.5. The molecule has 1 amide bonds. The lowest BCUT2D eigenvalue weighted by Crippen LogP contribution is -2.37. The van der Waals surface area contributed by atoms with E-state index in [0.717, 1.165) is 17.9 Å². The first-order chi connectivity index (χ1) is 8.63. The minimum atomic E-state index is -0.655. The molecule has 1 rings (SSSR count). The van der Waals surface area contributed by atoms with E-state index in [-0.39, 0.29) is 0 Å². The lowest BCUT2D eigenvalue weighted by Gasteiger charge is -2.10. The van der Waals surface area contributed by atoms with Gasteiger partial charge in [0.25, 0.3) is 0 Å². The molecule has 1 aromatic rings. The van der Waals surface area contributed by atoms with E-state index in [1.165, 1.54) is 0 Å². The molecular formula is C13H20N2O3. The van der Waals surface area contributed by atoms with Crippen molar-refractivity contribution >= 4 is 5.91 Å². The monoisotopic (exact) mass is 252 g/mol. The fourth-order valence-electron chi connectivity index (χ4n) is 1.30. The number of amides is 1. The maximum Gasteiger partial charge on any atom is 0.234 e. The third-order valence-electron chi connectivity index (χ3n) is 2.36. The Kier molecular flexibility index (Phi) is 6.00. The molecule has 0 spiro atoms. The highest BCUT2D eigenvalue weighted by Gasteiger charge is 2.08. The van der Waals surface area contributed by atoms with Crippen LogP contribution in [0.15, 0.2) is 24.3 Å². The summed E-state index contributed by atoms with van der Waals surface area (Å²) in [5, 5.41) is 0. The summed E-state index contributed by atoms with van der Waals surface area (Å²) >= 11 is 0. The summed E-state index contributed by atoms with van der Waals surface area (Å²) < 4.78 is 10.9. The predicted molar refractivity (Wildman–Crippen MR) is 69.5 cm³/mol. The number of carbonyl (C=O) groups is 1. The Bertz CT molecular complexity index is 365. The Hall–Kier alpha value is -1.75. The standard InChI is InChI=1S/C13H20N2O3/c1-2-8-17-10-3-5-11(6-4-10)18-9-7-12(14)13(15)16/h3-6,12H,2,7-9,14H2,1H3,(H2,15,16). The van der Waals surface area contributed by atoms with Gasteiger partial charge in [0.1, 0.15) is 11.5 Å². The fraction of sp³-hybridized carbons (Fsp3) is 0.462. The van der Waals surface area contributed by atoms with Crippen molar-refractivity contribution < 1.29 is 14.3 Å². The maximum atomic E-state index is 10.7. The minimum Gasteiger partial charge on any atom is -0.494 e. The van der Waals surface area contributed by atoms with Gasteiger partial charge in [0.2, 0.25) is 5.91 Å². The van der Waals surface area contributed by atoms with Crippen molar-refractivity contribution in [3.05, 3.63) is 24.3 Å². The number of hydrogen-bond acceptors (Lipinski definition) is 4. The first kappa shape index (κ1) is 14.3. The molecule has 18 heavy (non-hydrogen) atoms. The Morgan fingerprint density at radius 2 is 1.67 bits per heavy atom. The van der Waals surface area contributed by atoms with E-state index in [0.29, 0.717) is 19.6 Å². The van der Waals surface area contributed by atoms with Crippen LogP contribution in [-0.2, 0) is 4.79 Å². The molecule has 0 fully saturated rings. The molecule has 0 saturated carbocycles. The molecule has 4 N–H and O–H groups in total. The van der Waals surface area contributed by atoms with Crippen LogP contribution in [-0.4, -0.2) is 25.2 Å². The highest BCUT2D eigenvalue weighted by molar-refractivity contribution is 5.79. The smallest absolute Gasteiger partial charge is 0.234 e. The quantitative estimate of drug-likeness (QED) is 0.724. The molecule has 0 aliphatic carbocycles. The zero-order valence-electron chi connectivity index (χ0n) is 10.6. The molecule has 0 heterocycles. The fourth-order valence-corrected chi connectivity index (χ4v) is 1.30. The minimum absolute atomic E-state index is 0.360. The second kappa shape index (κ2) is 7.55. The van der Waals surface area contributed by atoms with Crippen LogP contribution in [0.3, 0.4) is 0 Å². The second-order valence-corrected chi connectivity index (χ2v) is 3.97. The molecule has 5 nitrogen and oxygen atoms in total. The van der Waals surface area contributed by atoms with Crippen LogP contribution < -0.4 is 20.9 Å². The van der Waals surface area contributed by atoms with Gasteiger partial charge in [-0.1, -0.05) is 6.92 Å². The van der Waals surface area contributed by atoms with Crippen molar-refractivity contribution in [2.45, 2.75) is 25.8 Å². The van der Waals surface area contributed by atoms with Crippen LogP contribution in [0.5, 0.6) is 11.5 Å². The first-order valence-corrected chi connectivity index (χ1v) is 6.04. The Morgan fingerprint density at radius 1 is 1.17 bits per heavy atom. The summed E-state index contributed by atoms with van der Waals surface area (Å²) in [4.78, 5) is 10.7. The van der Waals surface area contributed by atoms with Crippen molar-refractivity contribution in [3.63, 3.8) is 0 Å². The molecule has 1 atom stereocenters. The SMILES string of the molecule is CCCOc1ccc(OCCC(N)C(N)=O)cc1. The number of nitrogens with two attached hydrogens (primary N) is 2. The van der Waals surface area contributed by atoms with Crippen LogP contribution in [0.1, 0.15) is 19.8 Å². The van der Waals surface area contributed by atoms with Gasteiger partial charge >= 0.3 is 0 Å². The van der Waals surface area contributed by atoms with E-state index in [1.807, 2.05) is 24.3 Å². The number of primary amides is 1. The van der Waals surface area contributed by atoms with Gasteiger partial charge in [-0.25, -0.2) is 0 Å². The van der Waals surface area contributed by atoms with Gasteiger partial charge in [-0.15, -0.1) is 0 Å². The Morgan fingerprint density at radius 3 is 2.11 bits per heavy atom. The normalized spacial score (nSPS) is 11.9. The lowest BCUT2D eigenvalue weighted by atomic mass is 10.2. The first-order valence-electron chi connectivity index (χ1n) is 6.04. The van der Waals surface area contributed by atoms with E-state index < -0.39 is 11.9 Å². The molecular weight excluding hydrogens is 232 g/mol. The van der Waals surface area contributed by atoms with Crippen molar-refractivity contribution in [3.8, 4) is 11.5 Å². The van der Waals surface area contributed by atoms with E-state index >= 15 is 0 Å². The van der Waals surface area contributed by atoms with Crippen LogP contribution in [0.25, 0.3) is 0 Å². The van der Waals surface area contributed by atoms with Crippen molar-refractivity contribution in [2.24, 2.45) is 11.5 Å². The molecule has 0 saturated heterocycles. The van der Waals surface area contributed by atoms with E-state index in [1.54, 1.807) is 0 Å². The molecule has 0 aromatic heterocycles. The average molecular weight is 252 g/mol. The second-order valence-electron chi connectivity index (χ2n) is 3.97. The molecule has 1 unspecified atom stereocenters. The molecule has 0 aliphatic rings. The molecule has 1 aromatic carbocycles. The summed E-state index contributed by atoms with van der Waals surface area (Å²) in [7, 11) is 0. The molecule has 0 radical (unpaired) electrons. The molecule has 0 aliphatic heterocycles. The van der Waals surface area contributed by atoms with Crippen LogP contribution in [0, 0.1) is 0 Å². The van der Waals surface area contributed by atoms with E-state index in [2.05, 4.69) is 6.92 Å². The van der Waals surface area contributed by atoms with Gasteiger partial charge in [0, 0.05) is 6.42 Å². The zero-order chi connectivity index (χ0) is 13.4. The Balaban J connectivity index is 2.32. The summed E-state index contributed by atoms with van der Waals surface area (Å²) in [6.07, 6.45) is 1.38. The van der Waals surface area contributed by atoms with Gasteiger partial charge in [0.05, 0.1) is 19.3 Å². The van der Waals surface area contributed by atoms with E-state index in [9.17, 15) is 4.79 Å². The van der Waals surface area contributed by atoms with Gasteiger partial charge in [-0.2, -0.15) is 0 Å². The molecule has 0 bridgehead atoms. The summed E-state index contributed by atoms with van der Waals surface area (Å²) in [6, 6.07) is 6.68. The molecule has 5 heteroatoms. The number of rotatable bonds is 8. The van der Waals surface area contributed by atoms with Gasteiger partial charge < -0.3 is 20.9 Å². The summed E-state index contributed by atoms with van der Waals surface area (Å²) in [6.45, 7) is 3.12. The topological polar surface area (TPSA) is 87.6 Å². The third-order valence-corrected chi connectivity index (χ3v) is 2.36. The Labute approximate surface area is 107 Å². The predicted octanol–water partition coefficient (Wildman–Crippen LogP) is 1.06. The van der Waals surface area contributed by atoms with Crippen molar-refractivity contribution in [1.82, 2.24) is 0 Å². The highest BCUT2D eigenvalue weighted by atomic mass is 16.5. The van der Waals surface area contributed by atoms with Gasteiger partial charge in [-0.3, -0.25) is 4.79 Å². The van der Waals surface area contributed by atoms with Crippen molar-refractivity contribution in [1.29, 1.82) is 0 Å².